The lowest BCUT2D eigenvalue weighted by Gasteiger charge is -2.41. The third-order valence-corrected chi connectivity index (χ3v) is 8.28. The molecule has 1 fully saturated rings. The van der Waals surface area contributed by atoms with Gasteiger partial charge in [-0.1, -0.05) is 116 Å². The fourth-order valence-electron chi connectivity index (χ4n) is 5.11. The summed E-state index contributed by atoms with van der Waals surface area (Å²) < 4.78 is 19.5. The number of aliphatic hydroxyl groups is 1. The topological polar surface area (TPSA) is 90.7 Å². The minimum Gasteiger partial charge on any atom is -0.431 e. The van der Waals surface area contributed by atoms with Gasteiger partial charge in [-0.2, -0.15) is 0 Å². The summed E-state index contributed by atoms with van der Waals surface area (Å²) in [4.78, 5) is 4.92. The van der Waals surface area contributed by atoms with E-state index >= 15 is 0 Å². The molecule has 4 unspecified atom stereocenters. The summed E-state index contributed by atoms with van der Waals surface area (Å²) >= 11 is 1.54. The highest BCUT2D eigenvalue weighted by Crippen LogP contribution is 2.44. The number of anilines is 1. The van der Waals surface area contributed by atoms with Crippen LogP contribution in [0.4, 0.5) is 5.69 Å². The Morgan fingerprint density at radius 3 is 2.20 bits per heavy atom. The molecule has 1 aromatic heterocycles. The summed E-state index contributed by atoms with van der Waals surface area (Å²) in [5.41, 5.74) is 12.3. The van der Waals surface area contributed by atoms with Crippen LogP contribution in [0.25, 0.3) is 22.6 Å². The zero-order valence-electron chi connectivity index (χ0n) is 22.7. The lowest BCUT2D eigenvalue weighted by molar-refractivity contribution is -0.268. The van der Waals surface area contributed by atoms with Crippen LogP contribution in [-0.2, 0) is 16.1 Å². The Bertz CT molecular complexity index is 1520. The first-order valence-electron chi connectivity index (χ1n) is 13.7. The molecule has 1 saturated heterocycles. The highest BCUT2D eigenvalue weighted by atomic mass is 32.2. The number of oxazole rings is 1. The van der Waals surface area contributed by atoms with Crippen LogP contribution in [-0.4, -0.2) is 21.9 Å². The van der Waals surface area contributed by atoms with Gasteiger partial charge >= 0.3 is 0 Å². The summed E-state index contributed by atoms with van der Waals surface area (Å²) in [5, 5.41) is 10.1. The first-order valence-corrected chi connectivity index (χ1v) is 14.7. The highest BCUT2D eigenvalue weighted by Gasteiger charge is 2.38. The van der Waals surface area contributed by atoms with E-state index in [0.717, 1.165) is 39.3 Å². The van der Waals surface area contributed by atoms with Gasteiger partial charge in [-0.05, 0) is 23.3 Å². The number of thioether (sulfide) groups is 1. The van der Waals surface area contributed by atoms with Gasteiger partial charge in [0.15, 0.2) is 12.1 Å². The minimum absolute atomic E-state index is 0.00172. The fraction of sp³-hybridized carbons (Fsp3) is 0.206. The van der Waals surface area contributed by atoms with Crippen molar-refractivity contribution in [2.24, 2.45) is 5.92 Å². The van der Waals surface area contributed by atoms with Crippen molar-refractivity contribution in [2.75, 3.05) is 11.5 Å². The van der Waals surface area contributed by atoms with E-state index in [9.17, 15) is 5.11 Å². The van der Waals surface area contributed by atoms with Gasteiger partial charge < -0.3 is 24.7 Å². The Balaban J connectivity index is 1.28. The van der Waals surface area contributed by atoms with Crippen molar-refractivity contribution >= 4 is 17.4 Å². The SMILES string of the molecule is CC1C(CSc2nc(-c3ccccc3)c(-c3ccccc3)o2)OC(c2cccc(N)c2)OC1c1ccc(CO)cc1. The molecule has 0 bridgehead atoms. The summed E-state index contributed by atoms with van der Waals surface area (Å²) in [6.07, 6.45) is -0.945. The lowest BCUT2D eigenvalue weighted by atomic mass is 9.91. The molecule has 208 valence electrons. The predicted molar refractivity (Wildman–Crippen MR) is 162 cm³/mol. The quantitative estimate of drug-likeness (QED) is 0.148. The first-order chi connectivity index (χ1) is 20.1. The second kappa shape index (κ2) is 12.3. The van der Waals surface area contributed by atoms with Gasteiger partial charge in [0.1, 0.15) is 5.69 Å². The number of nitrogens with zero attached hydrogens (tertiary/aromatic N) is 1. The van der Waals surface area contributed by atoms with Crippen molar-refractivity contribution in [3.8, 4) is 22.6 Å². The molecule has 3 N–H and O–H groups in total. The molecule has 2 heterocycles. The van der Waals surface area contributed by atoms with Crippen LogP contribution in [0.5, 0.6) is 0 Å². The monoisotopic (exact) mass is 564 g/mol. The summed E-state index contributed by atoms with van der Waals surface area (Å²) in [6, 6.07) is 35.7. The van der Waals surface area contributed by atoms with E-state index < -0.39 is 6.29 Å². The van der Waals surface area contributed by atoms with Crippen LogP contribution < -0.4 is 5.73 Å². The van der Waals surface area contributed by atoms with Crippen molar-refractivity contribution < 1.29 is 19.0 Å². The fourth-order valence-corrected chi connectivity index (χ4v) is 6.10. The molecular weight excluding hydrogens is 532 g/mol. The maximum absolute atomic E-state index is 9.51. The second-order valence-electron chi connectivity index (χ2n) is 10.2. The average molecular weight is 565 g/mol. The largest absolute Gasteiger partial charge is 0.431 e. The smallest absolute Gasteiger partial charge is 0.256 e. The third-order valence-electron chi connectivity index (χ3n) is 7.37. The summed E-state index contributed by atoms with van der Waals surface area (Å²) in [5.74, 6) is 1.41. The molecular formula is C34H32N2O4S. The van der Waals surface area contributed by atoms with E-state index in [4.69, 9.17) is 24.6 Å². The maximum atomic E-state index is 9.51. The number of rotatable bonds is 8. The normalized spacial score (nSPS) is 20.6. The molecule has 6 nitrogen and oxygen atoms in total. The number of nitrogens with two attached hydrogens (primary N) is 1. The van der Waals surface area contributed by atoms with Gasteiger partial charge in [0.05, 0.1) is 18.8 Å². The van der Waals surface area contributed by atoms with Crippen molar-refractivity contribution in [1.29, 1.82) is 0 Å². The van der Waals surface area contributed by atoms with Gasteiger partial charge in [0.2, 0.25) is 0 Å². The van der Waals surface area contributed by atoms with Gasteiger partial charge in [0, 0.05) is 34.0 Å². The maximum Gasteiger partial charge on any atom is 0.256 e. The third kappa shape index (κ3) is 6.09. The van der Waals surface area contributed by atoms with E-state index in [-0.39, 0.29) is 24.7 Å². The summed E-state index contributed by atoms with van der Waals surface area (Å²) in [7, 11) is 0. The Morgan fingerprint density at radius 2 is 1.51 bits per heavy atom. The Hall–Kier alpha value is -3.88. The molecule has 41 heavy (non-hydrogen) atoms. The number of nitrogen functional groups attached to an aromatic ring is 1. The summed E-state index contributed by atoms with van der Waals surface area (Å²) in [6.45, 7) is 2.15. The molecule has 1 aliphatic heterocycles. The molecule has 7 heteroatoms. The van der Waals surface area contributed by atoms with Crippen molar-refractivity contribution in [3.63, 3.8) is 0 Å². The molecule has 0 spiro atoms. The molecule has 0 saturated carbocycles. The van der Waals surface area contributed by atoms with Crippen LogP contribution in [0.3, 0.4) is 0 Å². The predicted octanol–water partition coefficient (Wildman–Crippen LogP) is 7.67. The number of aliphatic hydroxyl groups excluding tert-OH is 1. The highest BCUT2D eigenvalue weighted by molar-refractivity contribution is 7.99. The molecule has 0 aliphatic carbocycles. The first kappa shape index (κ1) is 27.3. The minimum atomic E-state index is -0.577. The van der Waals surface area contributed by atoms with Crippen LogP contribution in [0.1, 0.15) is 36.0 Å². The van der Waals surface area contributed by atoms with Crippen molar-refractivity contribution in [3.05, 3.63) is 126 Å². The van der Waals surface area contributed by atoms with Crippen LogP contribution in [0.2, 0.25) is 0 Å². The standard InChI is InChI=1S/C34H32N2O4S/c1-22-29(21-41-34-36-30(24-9-4-2-5-10-24)32(40-34)25-11-6-3-7-12-25)38-33(27-13-8-14-28(35)19-27)39-31(22)26-17-15-23(20-37)16-18-26/h2-19,22,29,31,33,37H,20-21,35H2,1H3. The number of hydrogen-bond acceptors (Lipinski definition) is 7. The molecule has 6 rings (SSSR count). The van der Waals surface area contributed by atoms with E-state index in [0.29, 0.717) is 16.7 Å². The van der Waals surface area contributed by atoms with E-state index in [2.05, 4.69) is 6.92 Å². The number of benzene rings is 4. The Labute approximate surface area is 244 Å². The zero-order valence-corrected chi connectivity index (χ0v) is 23.5. The van der Waals surface area contributed by atoms with Crippen molar-refractivity contribution in [1.82, 2.24) is 4.98 Å². The Kier molecular flexibility index (Phi) is 8.21. The van der Waals surface area contributed by atoms with Crippen LogP contribution in [0, 0.1) is 5.92 Å². The van der Waals surface area contributed by atoms with Crippen molar-refractivity contribution in [2.45, 2.75) is 37.3 Å². The number of ether oxygens (including phenoxy) is 2. The molecule has 1 aliphatic rings. The number of hydrogen-bond donors (Lipinski definition) is 2. The van der Waals surface area contributed by atoms with Gasteiger partial charge in [-0.25, -0.2) is 4.98 Å². The van der Waals surface area contributed by atoms with Gasteiger partial charge in [-0.15, -0.1) is 0 Å². The van der Waals surface area contributed by atoms with Gasteiger partial charge in [0.25, 0.3) is 5.22 Å². The molecule has 4 aromatic carbocycles. The zero-order chi connectivity index (χ0) is 28.2. The Morgan fingerprint density at radius 1 is 0.805 bits per heavy atom. The second-order valence-corrected chi connectivity index (χ2v) is 11.2. The van der Waals surface area contributed by atoms with Gasteiger partial charge in [-0.3, -0.25) is 0 Å². The van der Waals surface area contributed by atoms with E-state index in [1.54, 1.807) is 11.8 Å². The number of aromatic nitrogens is 1. The molecule has 5 aromatic rings. The molecule has 4 atom stereocenters. The molecule has 0 amide bonds. The lowest BCUT2D eigenvalue weighted by Crippen LogP contribution is -2.38. The average Bonchev–Trinajstić information content (AvgIpc) is 3.46. The van der Waals surface area contributed by atoms with Crippen LogP contribution in [0.15, 0.2) is 119 Å². The van der Waals surface area contributed by atoms with E-state index in [1.807, 2.05) is 109 Å². The molecule has 0 radical (unpaired) electrons. The van der Waals surface area contributed by atoms with Crippen LogP contribution >= 0.6 is 11.8 Å². The van der Waals surface area contributed by atoms with E-state index in [1.165, 1.54) is 0 Å².